The second-order valence-electron chi connectivity index (χ2n) is 7.46. The summed E-state index contributed by atoms with van der Waals surface area (Å²) in [6.07, 6.45) is 0. The van der Waals surface area contributed by atoms with Crippen molar-refractivity contribution in [3.8, 4) is 11.1 Å². The summed E-state index contributed by atoms with van der Waals surface area (Å²) in [6.45, 7) is 12.8. The maximum Gasteiger partial charge on any atom is 0.489 e. The van der Waals surface area contributed by atoms with Crippen LogP contribution in [0.25, 0.3) is 11.1 Å². The van der Waals surface area contributed by atoms with Crippen molar-refractivity contribution in [3.63, 3.8) is 0 Å². The van der Waals surface area contributed by atoms with Crippen molar-refractivity contribution in [2.75, 3.05) is 0 Å². The molecule has 0 aliphatic heterocycles. The lowest BCUT2D eigenvalue weighted by molar-refractivity contribution is 0.424. The monoisotopic (exact) mass is 324 g/mol. The Hall–Kier alpha value is -1.58. The van der Waals surface area contributed by atoms with Crippen molar-refractivity contribution < 1.29 is 10.0 Å². The predicted octanol–water partition coefficient (Wildman–Crippen LogP) is 4.40. The lowest BCUT2D eigenvalue weighted by atomic mass is 9.66. The molecular weight excluding hydrogens is 295 g/mol. The molecule has 128 valence electrons. The van der Waals surface area contributed by atoms with Gasteiger partial charge < -0.3 is 10.0 Å². The van der Waals surface area contributed by atoms with Crippen LogP contribution in [0.15, 0.2) is 36.4 Å². The minimum Gasteiger partial charge on any atom is -0.423 e. The molecule has 2 aromatic carbocycles. The molecule has 2 aromatic rings. The summed E-state index contributed by atoms with van der Waals surface area (Å²) in [4.78, 5) is 0. The second-order valence-corrected chi connectivity index (χ2v) is 7.46. The van der Waals surface area contributed by atoms with Crippen LogP contribution in [0.2, 0.25) is 0 Å². The Balaban J connectivity index is 2.95. The number of benzene rings is 2. The number of hydrogen-bond donors (Lipinski definition) is 2. The third-order valence-electron chi connectivity index (χ3n) is 4.60. The van der Waals surface area contributed by atoms with Gasteiger partial charge in [0.2, 0.25) is 0 Å². The molecule has 2 rings (SSSR count). The molecule has 0 aliphatic carbocycles. The van der Waals surface area contributed by atoms with E-state index in [1.54, 1.807) is 0 Å². The Labute approximate surface area is 146 Å². The van der Waals surface area contributed by atoms with Crippen molar-refractivity contribution in [2.24, 2.45) is 0 Å². The number of hydrogen-bond acceptors (Lipinski definition) is 2. The third-order valence-corrected chi connectivity index (χ3v) is 4.60. The second kappa shape index (κ2) is 7.54. The van der Waals surface area contributed by atoms with E-state index in [2.05, 4.69) is 71.9 Å². The Morgan fingerprint density at radius 1 is 0.750 bits per heavy atom. The third kappa shape index (κ3) is 3.58. The van der Waals surface area contributed by atoms with Gasteiger partial charge in [-0.3, -0.25) is 0 Å². The van der Waals surface area contributed by atoms with Crippen LogP contribution in [0.5, 0.6) is 0 Å². The fraction of sp³-hybridized carbons (Fsp3) is 0.429. The van der Waals surface area contributed by atoms with Gasteiger partial charge in [-0.15, -0.1) is 0 Å². The summed E-state index contributed by atoms with van der Waals surface area (Å²) >= 11 is 0. The van der Waals surface area contributed by atoms with E-state index in [1.165, 1.54) is 16.7 Å². The van der Waals surface area contributed by atoms with E-state index in [0.717, 1.165) is 11.1 Å². The maximum absolute atomic E-state index is 10.1. The van der Waals surface area contributed by atoms with E-state index < -0.39 is 7.12 Å². The Morgan fingerprint density at radius 3 is 1.71 bits per heavy atom. The van der Waals surface area contributed by atoms with Gasteiger partial charge in [-0.1, -0.05) is 77.9 Å². The minimum atomic E-state index is -1.44. The first-order chi connectivity index (χ1) is 11.3. The molecule has 0 aliphatic rings. The number of rotatable bonds is 5. The predicted molar refractivity (Wildman–Crippen MR) is 104 cm³/mol. The fourth-order valence-corrected chi connectivity index (χ4v) is 3.62. The first-order valence-electron chi connectivity index (χ1n) is 8.87. The largest absolute Gasteiger partial charge is 0.489 e. The van der Waals surface area contributed by atoms with Crippen LogP contribution in [0, 0.1) is 0 Å². The van der Waals surface area contributed by atoms with E-state index in [-0.39, 0.29) is 11.8 Å². The zero-order valence-electron chi connectivity index (χ0n) is 15.7. The quantitative estimate of drug-likeness (QED) is 0.800. The van der Waals surface area contributed by atoms with Gasteiger partial charge in [0.05, 0.1) is 0 Å². The van der Waals surface area contributed by atoms with Crippen LogP contribution in [0.4, 0.5) is 0 Å². The summed E-state index contributed by atoms with van der Waals surface area (Å²) in [7, 11) is -1.44. The van der Waals surface area contributed by atoms with E-state index in [1.807, 2.05) is 6.07 Å². The average molecular weight is 324 g/mol. The van der Waals surface area contributed by atoms with Crippen LogP contribution in [0.3, 0.4) is 0 Å². The Morgan fingerprint density at radius 2 is 1.29 bits per heavy atom. The van der Waals surface area contributed by atoms with Gasteiger partial charge in [-0.05, 0) is 51.0 Å². The smallest absolute Gasteiger partial charge is 0.423 e. The van der Waals surface area contributed by atoms with Gasteiger partial charge in [-0.25, -0.2) is 0 Å². The molecule has 0 aromatic heterocycles. The van der Waals surface area contributed by atoms with Crippen LogP contribution in [0.1, 0.15) is 76.0 Å². The van der Waals surface area contributed by atoms with Crippen molar-refractivity contribution in [1.29, 1.82) is 0 Å². The lowest BCUT2D eigenvalue weighted by Gasteiger charge is -2.28. The van der Waals surface area contributed by atoms with Crippen molar-refractivity contribution in [1.82, 2.24) is 0 Å². The minimum absolute atomic E-state index is 0.223. The highest BCUT2D eigenvalue weighted by Crippen LogP contribution is 2.37. The van der Waals surface area contributed by atoms with Crippen LogP contribution < -0.4 is 5.46 Å². The zero-order valence-corrected chi connectivity index (χ0v) is 15.7. The molecule has 0 heterocycles. The summed E-state index contributed by atoms with van der Waals surface area (Å²) in [5.74, 6) is 0.750. The summed E-state index contributed by atoms with van der Waals surface area (Å²) in [5.41, 5.74) is 6.43. The highest BCUT2D eigenvalue weighted by Gasteiger charge is 2.29. The van der Waals surface area contributed by atoms with E-state index in [0.29, 0.717) is 11.4 Å². The highest BCUT2D eigenvalue weighted by atomic mass is 16.4. The molecule has 0 amide bonds. The van der Waals surface area contributed by atoms with Crippen LogP contribution in [-0.4, -0.2) is 17.2 Å². The molecule has 2 N–H and O–H groups in total. The van der Waals surface area contributed by atoms with Crippen molar-refractivity contribution in [3.05, 3.63) is 53.1 Å². The highest BCUT2D eigenvalue weighted by molar-refractivity contribution is 6.60. The zero-order chi connectivity index (χ0) is 18.0. The fourth-order valence-electron chi connectivity index (χ4n) is 3.62. The molecule has 0 saturated carbocycles. The van der Waals surface area contributed by atoms with Gasteiger partial charge in [-0.2, -0.15) is 0 Å². The topological polar surface area (TPSA) is 40.5 Å². The maximum atomic E-state index is 10.1. The molecule has 0 radical (unpaired) electrons. The molecule has 3 heteroatoms. The molecular formula is C21H29BO2. The van der Waals surface area contributed by atoms with Gasteiger partial charge in [0.1, 0.15) is 0 Å². The lowest BCUT2D eigenvalue weighted by Crippen LogP contribution is -2.38. The first kappa shape index (κ1) is 18.8. The first-order valence-corrected chi connectivity index (χ1v) is 8.87. The van der Waals surface area contributed by atoms with Gasteiger partial charge in [0.15, 0.2) is 0 Å². The summed E-state index contributed by atoms with van der Waals surface area (Å²) in [6, 6.07) is 12.6. The van der Waals surface area contributed by atoms with E-state index in [4.69, 9.17) is 0 Å². The standard InChI is InChI=1S/C21H29BO2/c1-13(2)17-12-18(16-10-8-7-9-11-16)19(14(3)4)20(15(5)6)21(17)22(23)24/h7-15,23-24H,1-6H3. The molecule has 0 saturated heterocycles. The van der Waals surface area contributed by atoms with Crippen molar-refractivity contribution in [2.45, 2.75) is 59.3 Å². The average Bonchev–Trinajstić information content (AvgIpc) is 2.53. The molecule has 0 unspecified atom stereocenters. The van der Waals surface area contributed by atoms with E-state index >= 15 is 0 Å². The van der Waals surface area contributed by atoms with Crippen LogP contribution in [-0.2, 0) is 0 Å². The molecule has 2 nitrogen and oxygen atoms in total. The molecule has 0 fully saturated rings. The Kier molecular flexibility index (Phi) is 5.90. The SMILES string of the molecule is CC(C)c1cc(-c2ccccc2)c(C(C)C)c(C(C)C)c1B(O)O. The van der Waals surface area contributed by atoms with Crippen LogP contribution >= 0.6 is 0 Å². The summed E-state index contributed by atoms with van der Waals surface area (Å²) in [5, 5.41) is 20.2. The molecule has 0 atom stereocenters. The van der Waals surface area contributed by atoms with E-state index in [9.17, 15) is 10.0 Å². The molecule has 0 bridgehead atoms. The summed E-state index contributed by atoms with van der Waals surface area (Å²) < 4.78 is 0. The molecule has 24 heavy (non-hydrogen) atoms. The Bertz CT molecular complexity index is 689. The van der Waals surface area contributed by atoms with Crippen molar-refractivity contribution >= 4 is 12.6 Å². The van der Waals surface area contributed by atoms with Gasteiger partial charge in [0.25, 0.3) is 0 Å². The normalized spacial score (nSPS) is 11.6. The van der Waals surface area contributed by atoms with Gasteiger partial charge in [0, 0.05) is 0 Å². The van der Waals surface area contributed by atoms with Gasteiger partial charge >= 0.3 is 7.12 Å². The molecule has 0 spiro atoms.